The predicted molar refractivity (Wildman–Crippen MR) is 52.0 cm³/mol. The molecule has 2 heteroatoms. The minimum absolute atomic E-state index is 0.0949. The first-order chi connectivity index (χ1) is 6.40. The van der Waals surface area contributed by atoms with Crippen LogP contribution in [0.25, 0.3) is 0 Å². The maximum atomic E-state index is 9.02. The van der Waals surface area contributed by atoms with Crippen molar-refractivity contribution in [2.24, 2.45) is 5.92 Å². The number of allylic oxidation sites excluding steroid dienone is 2. The van der Waals surface area contributed by atoms with Crippen molar-refractivity contribution < 1.29 is 0 Å². The van der Waals surface area contributed by atoms with Crippen molar-refractivity contribution in [2.75, 3.05) is 0 Å². The molecule has 1 N–H and O–H groups in total. The van der Waals surface area contributed by atoms with Gasteiger partial charge < -0.3 is 0 Å². The molecule has 2 rings (SSSR count). The fraction of sp³-hybridized carbons (Fsp3) is 0.727. The Morgan fingerprint density at radius 1 is 1.31 bits per heavy atom. The average molecular weight is 176 g/mol. The van der Waals surface area contributed by atoms with E-state index in [2.05, 4.69) is 23.5 Å². The molecule has 0 heterocycles. The van der Waals surface area contributed by atoms with E-state index in [4.69, 9.17) is 5.26 Å². The Kier molecular flexibility index (Phi) is 2.65. The fourth-order valence-corrected chi connectivity index (χ4v) is 1.90. The Balaban J connectivity index is 1.87. The van der Waals surface area contributed by atoms with Crippen LogP contribution in [0.5, 0.6) is 0 Å². The molecular weight excluding hydrogens is 160 g/mol. The van der Waals surface area contributed by atoms with E-state index in [1.165, 1.54) is 19.3 Å². The van der Waals surface area contributed by atoms with E-state index < -0.39 is 0 Å². The first-order valence-electron chi connectivity index (χ1n) is 5.21. The van der Waals surface area contributed by atoms with E-state index in [0.717, 1.165) is 12.8 Å². The van der Waals surface area contributed by atoms with Gasteiger partial charge in [0.2, 0.25) is 0 Å². The van der Waals surface area contributed by atoms with Crippen LogP contribution in [0.3, 0.4) is 0 Å². The quantitative estimate of drug-likeness (QED) is 0.667. The molecule has 0 bridgehead atoms. The highest BCUT2D eigenvalue weighted by Gasteiger charge is 2.28. The van der Waals surface area contributed by atoms with Crippen LogP contribution in [0.15, 0.2) is 12.2 Å². The fourth-order valence-electron chi connectivity index (χ4n) is 1.90. The second-order valence-corrected chi connectivity index (χ2v) is 4.09. The van der Waals surface area contributed by atoms with E-state index in [0.29, 0.717) is 12.0 Å². The highest BCUT2D eigenvalue weighted by molar-refractivity contribution is 5.04. The lowest BCUT2D eigenvalue weighted by atomic mass is 9.88. The number of nitrogens with zero attached hydrogens (tertiary/aromatic N) is 1. The molecule has 0 aliphatic heterocycles. The molecule has 0 spiro atoms. The number of nitriles is 1. The van der Waals surface area contributed by atoms with E-state index in [1.807, 2.05) is 0 Å². The number of hydrogen-bond donors (Lipinski definition) is 1. The van der Waals surface area contributed by atoms with Gasteiger partial charge in [-0.1, -0.05) is 12.2 Å². The zero-order valence-electron chi connectivity index (χ0n) is 7.87. The third-order valence-corrected chi connectivity index (χ3v) is 2.91. The Morgan fingerprint density at radius 3 is 2.69 bits per heavy atom. The molecule has 70 valence electrons. The van der Waals surface area contributed by atoms with Gasteiger partial charge in [0.1, 0.15) is 0 Å². The summed E-state index contributed by atoms with van der Waals surface area (Å²) >= 11 is 0. The first-order valence-corrected chi connectivity index (χ1v) is 5.21. The maximum Gasteiger partial charge on any atom is 0.0986 e. The molecule has 0 radical (unpaired) electrons. The average Bonchev–Trinajstić information content (AvgIpc) is 2.99. The van der Waals surface area contributed by atoms with Crippen molar-refractivity contribution in [1.82, 2.24) is 5.32 Å². The van der Waals surface area contributed by atoms with Crippen molar-refractivity contribution >= 4 is 0 Å². The molecule has 2 aliphatic carbocycles. The number of nitrogens with one attached hydrogen (secondary N) is 1. The van der Waals surface area contributed by atoms with Gasteiger partial charge >= 0.3 is 0 Å². The molecule has 0 saturated heterocycles. The molecule has 1 fully saturated rings. The number of rotatable bonds is 3. The van der Waals surface area contributed by atoms with E-state index in [9.17, 15) is 0 Å². The normalized spacial score (nSPS) is 29.6. The second-order valence-electron chi connectivity index (χ2n) is 4.09. The van der Waals surface area contributed by atoms with Crippen molar-refractivity contribution in [1.29, 1.82) is 5.26 Å². The summed E-state index contributed by atoms with van der Waals surface area (Å²) in [5, 5.41) is 12.4. The third kappa shape index (κ3) is 2.32. The zero-order chi connectivity index (χ0) is 9.10. The highest BCUT2D eigenvalue weighted by atomic mass is 15.0. The van der Waals surface area contributed by atoms with Crippen molar-refractivity contribution in [2.45, 2.75) is 44.2 Å². The van der Waals surface area contributed by atoms with Gasteiger partial charge in [0, 0.05) is 6.04 Å². The Labute approximate surface area is 79.6 Å². The van der Waals surface area contributed by atoms with Gasteiger partial charge in [-0.3, -0.25) is 5.32 Å². The van der Waals surface area contributed by atoms with Gasteiger partial charge in [0.25, 0.3) is 0 Å². The third-order valence-electron chi connectivity index (χ3n) is 2.91. The van der Waals surface area contributed by atoms with Crippen LogP contribution in [-0.2, 0) is 0 Å². The molecule has 2 unspecified atom stereocenters. The largest absolute Gasteiger partial charge is 0.299 e. The van der Waals surface area contributed by atoms with Crippen molar-refractivity contribution in [3.05, 3.63) is 12.2 Å². The Hall–Kier alpha value is -0.810. The lowest BCUT2D eigenvalue weighted by Crippen LogP contribution is -2.36. The summed E-state index contributed by atoms with van der Waals surface area (Å²) in [6.45, 7) is 0. The van der Waals surface area contributed by atoms with Gasteiger partial charge in [-0.25, -0.2) is 0 Å². The van der Waals surface area contributed by atoms with Crippen LogP contribution in [0.2, 0.25) is 0 Å². The smallest absolute Gasteiger partial charge is 0.0986 e. The maximum absolute atomic E-state index is 9.02. The zero-order valence-corrected chi connectivity index (χ0v) is 7.87. The molecule has 13 heavy (non-hydrogen) atoms. The van der Waals surface area contributed by atoms with Gasteiger partial charge in [-0.15, -0.1) is 0 Å². The van der Waals surface area contributed by atoms with E-state index in [-0.39, 0.29) is 6.04 Å². The monoisotopic (exact) mass is 176 g/mol. The summed E-state index contributed by atoms with van der Waals surface area (Å²) in [5.41, 5.74) is 0. The minimum atomic E-state index is 0.0949. The van der Waals surface area contributed by atoms with Crippen LogP contribution in [0.1, 0.15) is 32.1 Å². The lowest BCUT2D eigenvalue weighted by molar-refractivity contribution is 0.381. The molecule has 0 aromatic carbocycles. The summed E-state index contributed by atoms with van der Waals surface area (Å²) in [6, 6.07) is 3.14. The predicted octanol–water partition coefficient (Wildman–Crippen LogP) is 1.99. The molecule has 0 amide bonds. The molecule has 2 atom stereocenters. The van der Waals surface area contributed by atoms with Crippen molar-refractivity contribution in [3.8, 4) is 6.07 Å². The molecule has 0 aromatic heterocycles. The second kappa shape index (κ2) is 3.93. The Bertz CT molecular complexity index is 235. The first kappa shape index (κ1) is 8.77. The molecule has 2 aliphatic rings. The highest BCUT2D eigenvalue weighted by Crippen LogP contribution is 2.25. The number of hydrogen-bond acceptors (Lipinski definition) is 2. The standard InChI is InChI=1S/C11H16N2/c12-8-11(13-10-6-7-10)9-4-2-1-3-5-9/h1-2,9-11,13H,3-7H2. The van der Waals surface area contributed by atoms with E-state index in [1.54, 1.807) is 0 Å². The topological polar surface area (TPSA) is 35.8 Å². The minimum Gasteiger partial charge on any atom is -0.299 e. The van der Waals surface area contributed by atoms with Gasteiger partial charge in [0.05, 0.1) is 12.1 Å². The van der Waals surface area contributed by atoms with Crippen LogP contribution >= 0.6 is 0 Å². The lowest BCUT2D eigenvalue weighted by Gasteiger charge is -2.23. The molecule has 2 nitrogen and oxygen atoms in total. The van der Waals surface area contributed by atoms with Gasteiger partial charge in [-0.2, -0.15) is 5.26 Å². The summed E-state index contributed by atoms with van der Waals surface area (Å²) < 4.78 is 0. The van der Waals surface area contributed by atoms with E-state index >= 15 is 0 Å². The van der Waals surface area contributed by atoms with Crippen LogP contribution in [-0.4, -0.2) is 12.1 Å². The van der Waals surface area contributed by atoms with Crippen LogP contribution in [0.4, 0.5) is 0 Å². The summed E-state index contributed by atoms with van der Waals surface area (Å²) in [6.07, 6.45) is 10.4. The summed E-state index contributed by atoms with van der Waals surface area (Å²) in [5.74, 6) is 0.551. The molecular formula is C11H16N2. The SMILES string of the molecule is N#CC(NC1CC1)C1CC=CCC1. The summed E-state index contributed by atoms with van der Waals surface area (Å²) in [4.78, 5) is 0. The Morgan fingerprint density at radius 2 is 2.15 bits per heavy atom. The molecule has 0 aromatic rings. The summed E-state index contributed by atoms with van der Waals surface area (Å²) in [7, 11) is 0. The van der Waals surface area contributed by atoms with Crippen LogP contribution in [0, 0.1) is 17.2 Å². The van der Waals surface area contributed by atoms with Crippen molar-refractivity contribution in [3.63, 3.8) is 0 Å². The molecule has 1 saturated carbocycles. The van der Waals surface area contributed by atoms with Crippen LogP contribution < -0.4 is 5.32 Å². The van der Waals surface area contributed by atoms with Gasteiger partial charge in [0.15, 0.2) is 0 Å². The van der Waals surface area contributed by atoms with Gasteiger partial charge in [-0.05, 0) is 38.0 Å².